The SMILES string of the molecule is Cc1c(Cl)c([N+](=O)[O-])nn1CC(=O)Nc1ccc(OC(F)F)c(Cl)c1. The van der Waals surface area contributed by atoms with Gasteiger partial charge in [-0.2, -0.15) is 13.5 Å². The number of anilines is 1. The van der Waals surface area contributed by atoms with Gasteiger partial charge in [0.05, 0.1) is 15.8 Å². The van der Waals surface area contributed by atoms with Gasteiger partial charge in [-0.3, -0.25) is 4.79 Å². The molecule has 0 fully saturated rings. The highest BCUT2D eigenvalue weighted by Crippen LogP contribution is 2.29. The molecule has 0 saturated carbocycles. The Labute approximate surface area is 149 Å². The van der Waals surface area contributed by atoms with Gasteiger partial charge in [0.15, 0.2) is 5.02 Å². The van der Waals surface area contributed by atoms with E-state index in [9.17, 15) is 23.7 Å². The number of hydrogen-bond acceptors (Lipinski definition) is 5. The summed E-state index contributed by atoms with van der Waals surface area (Å²) in [6, 6.07) is 3.71. The Hall–Kier alpha value is -2.46. The zero-order chi connectivity index (χ0) is 18.7. The maximum Gasteiger partial charge on any atom is 0.408 e. The average molecular weight is 395 g/mol. The van der Waals surface area contributed by atoms with Crippen molar-refractivity contribution >= 4 is 40.6 Å². The van der Waals surface area contributed by atoms with Crippen molar-refractivity contribution in [2.75, 3.05) is 5.32 Å². The summed E-state index contributed by atoms with van der Waals surface area (Å²) in [4.78, 5) is 22.0. The second kappa shape index (κ2) is 7.62. The van der Waals surface area contributed by atoms with E-state index in [1.165, 1.54) is 25.1 Å². The Kier molecular flexibility index (Phi) is 5.75. The molecule has 1 heterocycles. The molecule has 8 nitrogen and oxygen atoms in total. The summed E-state index contributed by atoms with van der Waals surface area (Å²) < 4.78 is 29.6. The largest absolute Gasteiger partial charge is 0.433 e. The second-order valence-electron chi connectivity index (χ2n) is 4.71. The van der Waals surface area contributed by atoms with Gasteiger partial charge in [-0.05, 0) is 30.0 Å². The van der Waals surface area contributed by atoms with E-state index in [-0.39, 0.29) is 33.7 Å². The van der Waals surface area contributed by atoms with Crippen LogP contribution in [-0.4, -0.2) is 27.2 Å². The third-order valence-electron chi connectivity index (χ3n) is 3.01. The number of carbonyl (C=O) groups is 1. The zero-order valence-corrected chi connectivity index (χ0v) is 14.0. The van der Waals surface area contributed by atoms with Crippen LogP contribution in [0, 0.1) is 17.0 Å². The number of nitrogens with one attached hydrogen (secondary N) is 1. The molecule has 0 atom stereocenters. The van der Waals surface area contributed by atoms with E-state index in [1.807, 2.05) is 0 Å². The lowest BCUT2D eigenvalue weighted by Crippen LogP contribution is -2.20. The number of rotatable bonds is 6. The fraction of sp³-hybridized carbons (Fsp3) is 0.231. The lowest BCUT2D eigenvalue weighted by molar-refractivity contribution is -0.389. The van der Waals surface area contributed by atoms with Crippen molar-refractivity contribution in [3.8, 4) is 5.75 Å². The van der Waals surface area contributed by atoms with Crippen molar-refractivity contribution in [2.24, 2.45) is 0 Å². The molecule has 2 aromatic rings. The summed E-state index contributed by atoms with van der Waals surface area (Å²) in [5.41, 5.74) is 0.476. The highest BCUT2D eigenvalue weighted by atomic mass is 35.5. The molecule has 0 bridgehead atoms. The fourth-order valence-electron chi connectivity index (χ4n) is 1.89. The Morgan fingerprint density at radius 2 is 2.16 bits per heavy atom. The van der Waals surface area contributed by atoms with Crippen LogP contribution in [0.5, 0.6) is 5.75 Å². The van der Waals surface area contributed by atoms with Crippen molar-refractivity contribution in [3.05, 3.63) is 44.1 Å². The van der Waals surface area contributed by atoms with Gasteiger partial charge in [-0.15, -0.1) is 0 Å². The van der Waals surface area contributed by atoms with E-state index < -0.39 is 23.3 Å². The summed E-state index contributed by atoms with van der Waals surface area (Å²) in [6.45, 7) is -1.89. The van der Waals surface area contributed by atoms with Crippen molar-refractivity contribution < 1.29 is 23.2 Å². The first kappa shape index (κ1) is 18.9. The van der Waals surface area contributed by atoms with Gasteiger partial charge in [0.25, 0.3) is 0 Å². The lowest BCUT2D eigenvalue weighted by Gasteiger charge is -2.09. The third-order valence-corrected chi connectivity index (χ3v) is 3.75. The zero-order valence-electron chi connectivity index (χ0n) is 12.5. The van der Waals surface area contributed by atoms with Crippen molar-refractivity contribution in [3.63, 3.8) is 0 Å². The van der Waals surface area contributed by atoms with Crippen molar-refractivity contribution in [2.45, 2.75) is 20.1 Å². The number of alkyl halides is 2. The summed E-state index contributed by atoms with van der Waals surface area (Å²) >= 11 is 11.6. The first-order valence-corrected chi connectivity index (χ1v) is 7.36. The van der Waals surface area contributed by atoms with Gasteiger partial charge in [-0.25, -0.2) is 0 Å². The molecule has 134 valence electrons. The van der Waals surface area contributed by atoms with E-state index in [0.717, 1.165) is 4.68 Å². The third kappa shape index (κ3) is 4.54. The van der Waals surface area contributed by atoms with Crippen LogP contribution >= 0.6 is 23.2 Å². The molecule has 25 heavy (non-hydrogen) atoms. The summed E-state index contributed by atoms with van der Waals surface area (Å²) in [5.74, 6) is -1.36. The smallest absolute Gasteiger partial charge is 0.408 e. The van der Waals surface area contributed by atoms with Crippen molar-refractivity contribution in [1.29, 1.82) is 0 Å². The molecule has 12 heteroatoms. The van der Waals surface area contributed by atoms with E-state index in [1.54, 1.807) is 0 Å². The van der Waals surface area contributed by atoms with Crippen LogP contribution in [0.1, 0.15) is 5.69 Å². The minimum Gasteiger partial charge on any atom is -0.433 e. The molecule has 1 N–H and O–H groups in total. The average Bonchev–Trinajstić information content (AvgIpc) is 2.78. The molecule has 0 aliphatic rings. The van der Waals surface area contributed by atoms with Gasteiger partial charge < -0.3 is 20.2 Å². The number of aromatic nitrogens is 2. The molecule has 0 unspecified atom stereocenters. The van der Waals surface area contributed by atoms with Crippen molar-refractivity contribution in [1.82, 2.24) is 9.78 Å². The molecule has 0 radical (unpaired) electrons. The number of hydrogen-bond donors (Lipinski definition) is 1. The monoisotopic (exact) mass is 394 g/mol. The molecule has 0 aliphatic carbocycles. The minimum absolute atomic E-state index is 0.118. The number of nitrogens with zero attached hydrogens (tertiary/aromatic N) is 3. The van der Waals surface area contributed by atoms with Crippen LogP contribution < -0.4 is 10.1 Å². The van der Waals surface area contributed by atoms with E-state index in [4.69, 9.17) is 23.2 Å². The topological polar surface area (TPSA) is 99.3 Å². The van der Waals surface area contributed by atoms with Crippen LogP contribution in [0.2, 0.25) is 10.0 Å². The first-order chi connectivity index (χ1) is 11.7. The van der Waals surface area contributed by atoms with Gasteiger partial charge in [-0.1, -0.05) is 23.2 Å². The molecule has 1 amide bonds. The van der Waals surface area contributed by atoms with E-state index in [0.29, 0.717) is 0 Å². The predicted molar refractivity (Wildman–Crippen MR) is 85.3 cm³/mol. The number of halogens is 4. The van der Waals surface area contributed by atoms with Gasteiger partial charge in [0.2, 0.25) is 5.91 Å². The highest BCUT2D eigenvalue weighted by molar-refractivity contribution is 6.33. The molecule has 0 aliphatic heterocycles. The molecule has 0 spiro atoms. The lowest BCUT2D eigenvalue weighted by atomic mass is 10.3. The Balaban J connectivity index is 2.09. The minimum atomic E-state index is -3.03. The van der Waals surface area contributed by atoms with Crippen LogP contribution in [0.3, 0.4) is 0 Å². The van der Waals surface area contributed by atoms with Gasteiger partial charge in [0, 0.05) is 5.69 Å². The summed E-state index contributed by atoms with van der Waals surface area (Å²) in [5, 5.41) is 16.6. The Morgan fingerprint density at radius 1 is 1.48 bits per heavy atom. The Morgan fingerprint density at radius 3 is 2.68 bits per heavy atom. The number of benzene rings is 1. The maximum atomic E-state index is 12.2. The fourth-order valence-corrected chi connectivity index (χ4v) is 2.32. The number of carbonyl (C=O) groups excluding carboxylic acids is 1. The Bertz CT molecular complexity index is 829. The van der Waals surface area contributed by atoms with Gasteiger partial charge >= 0.3 is 12.4 Å². The standard InChI is InChI=1S/C13H10Cl2F2N4O4/c1-6-11(15)12(21(23)24)19-20(6)5-10(22)18-7-2-3-9(8(14)4-7)25-13(16)17/h2-4,13H,5H2,1H3,(H,18,22). The summed E-state index contributed by atoms with van der Waals surface area (Å²) in [7, 11) is 0. The van der Waals surface area contributed by atoms with Gasteiger partial charge in [0.1, 0.15) is 12.3 Å². The van der Waals surface area contributed by atoms with Crippen LogP contribution in [0.15, 0.2) is 18.2 Å². The number of amides is 1. The molecule has 2 rings (SSSR count). The number of ether oxygens (including phenoxy) is 1. The number of nitro groups is 1. The first-order valence-electron chi connectivity index (χ1n) is 6.60. The van der Waals surface area contributed by atoms with E-state index >= 15 is 0 Å². The molecular formula is C13H10Cl2F2N4O4. The normalized spacial score (nSPS) is 10.8. The molecular weight excluding hydrogens is 385 g/mol. The van der Waals surface area contributed by atoms with Crippen LogP contribution in [0.25, 0.3) is 0 Å². The molecule has 1 aromatic heterocycles. The highest BCUT2D eigenvalue weighted by Gasteiger charge is 2.25. The van der Waals surface area contributed by atoms with Crippen LogP contribution in [0.4, 0.5) is 20.3 Å². The second-order valence-corrected chi connectivity index (χ2v) is 5.49. The maximum absolute atomic E-state index is 12.2. The summed E-state index contributed by atoms with van der Waals surface area (Å²) in [6.07, 6.45) is 0. The predicted octanol–water partition coefficient (Wildman–Crippen LogP) is 3.65. The molecule has 1 aromatic carbocycles. The van der Waals surface area contributed by atoms with E-state index in [2.05, 4.69) is 15.2 Å². The quantitative estimate of drug-likeness (QED) is 0.595. The molecule has 0 saturated heterocycles. The van der Waals surface area contributed by atoms with Crippen LogP contribution in [-0.2, 0) is 11.3 Å².